The van der Waals surface area contributed by atoms with Gasteiger partial charge in [-0.2, -0.15) is 5.26 Å². The Labute approximate surface area is 156 Å². The van der Waals surface area contributed by atoms with Gasteiger partial charge in [-0.05, 0) is 44.2 Å². The lowest BCUT2D eigenvalue weighted by Gasteiger charge is -2.19. The van der Waals surface area contributed by atoms with Gasteiger partial charge in [0.25, 0.3) is 5.56 Å². The van der Waals surface area contributed by atoms with E-state index in [0.29, 0.717) is 31.4 Å². The number of aryl methyl sites for hydroxylation is 1. The maximum Gasteiger partial charge on any atom is 0.275 e. The average Bonchev–Trinajstić information content (AvgIpc) is 3.23. The number of ketones is 1. The quantitative estimate of drug-likeness (QED) is 0.803. The molecule has 1 aliphatic heterocycles. The summed E-state index contributed by atoms with van der Waals surface area (Å²) < 4.78 is 1.38. The molecular formula is C19H22N4O4. The van der Waals surface area contributed by atoms with Gasteiger partial charge in [-0.1, -0.05) is 0 Å². The molecule has 2 amide bonds. The van der Waals surface area contributed by atoms with Crippen molar-refractivity contribution in [1.82, 2.24) is 9.88 Å². The maximum absolute atomic E-state index is 12.7. The molecule has 0 bridgehead atoms. The predicted octanol–water partition coefficient (Wildman–Crippen LogP) is 1.06. The highest BCUT2D eigenvalue weighted by Crippen LogP contribution is 2.27. The number of nitrogens with zero attached hydrogens (tertiary/aromatic N) is 2. The number of carbonyl (C=O) groups is 3. The first-order chi connectivity index (χ1) is 12.9. The number of rotatable bonds is 5. The lowest BCUT2D eigenvalue weighted by Crippen LogP contribution is -2.42. The van der Waals surface area contributed by atoms with Gasteiger partial charge < -0.3 is 10.6 Å². The fourth-order valence-corrected chi connectivity index (χ4v) is 3.92. The van der Waals surface area contributed by atoms with Crippen molar-refractivity contribution in [3.05, 3.63) is 28.2 Å². The third kappa shape index (κ3) is 3.92. The van der Waals surface area contributed by atoms with Crippen molar-refractivity contribution in [3.8, 4) is 6.07 Å². The third-order valence-corrected chi connectivity index (χ3v) is 5.22. The van der Waals surface area contributed by atoms with Crippen LogP contribution >= 0.6 is 0 Å². The van der Waals surface area contributed by atoms with Crippen LogP contribution in [0.1, 0.15) is 50.8 Å². The Morgan fingerprint density at radius 2 is 2.07 bits per heavy atom. The van der Waals surface area contributed by atoms with Crippen LogP contribution in [-0.4, -0.2) is 28.2 Å². The van der Waals surface area contributed by atoms with Gasteiger partial charge >= 0.3 is 0 Å². The van der Waals surface area contributed by atoms with E-state index in [1.807, 2.05) is 0 Å². The first-order valence-corrected chi connectivity index (χ1v) is 9.15. The van der Waals surface area contributed by atoms with Gasteiger partial charge in [0.05, 0.1) is 6.07 Å². The van der Waals surface area contributed by atoms with Crippen molar-refractivity contribution in [3.63, 3.8) is 0 Å². The van der Waals surface area contributed by atoms with Crippen molar-refractivity contribution >= 4 is 23.3 Å². The lowest BCUT2D eigenvalue weighted by atomic mass is 9.98. The summed E-state index contributed by atoms with van der Waals surface area (Å²) in [5.74, 6) is -0.808. The largest absolute Gasteiger partial charge is 0.339 e. The summed E-state index contributed by atoms with van der Waals surface area (Å²) in [6.45, 7) is 1.31. The average molecular weight is 370 g/mol. The molecule has 2 aliphatic rings. The van der Waals surface area contributed by atoms with Crippen molar-refractivity contribution in [2.45, 2.75) is 57.5 Å². The zero-order valence-corrected chi connectivity index (χ0v) is 15.2. The molecule has 1 aliphatic carbocycles. The van der Waals surface area contributed by atoms with E-state index in [1.54, 1.807) is 12.1 Å². The molecule has 1 aromatic heterocycles. The molecule has 0 aromatic carbocycles. The highest BCUT2D eigenvalue weighted by molar-refractivity contribution is 5.88. The fourth-order valence-electron chi connectivity index (χ4n) is 3.92. The van der Waals surface area contributed by atoms with Gasteiger partial charge in [0.1, 0.15) is 23.6 Å². The minimum Gasteiger partial charge on any atom is -0.339 e. The van der Waals surface area contributed by atoms with Gasteiger partial charge in [-0.15, -0.1) is 0 Å². The van der Waals surface area contributed by atoms with E-state index in [4.69, 9.17) is 0 Å². The molecule has 0 spiro atoms. The van der Waals surface area contributed by atoms with Crippen LogP contribution < -0.4 is 16.2 Å². The van der Waals surface area contributed by atoms with E-state index in [9.17, 15) is 24.4 Å². The first-order valence-electron chi connectivity index (χ1n) is 9.15. The maximum atomic E-state index is 12.7. The molecule has 0 saturated heterocycles. The number of Topliss-reactive ketones (excluding diaryl/α,β-unsaturated/α-hetero) is 1. The Morgan fingerprint density at radius 1 is 1.30 bits per heavy atom. The number of hydrogen-bond acceptors (Lipinski definition) is 5. The summed E-state index contributed by atoms with van der Waals surface area (Å²) in [5, 5.41) is 14.5. The van der Waals surface area contributed by atoms with Gasteiger partial charge in [0, 0.05) is 25.0 Å². The van der Waals surface area contributed by atoms with Gasteiger partial charge in [-0.3, -0.25) is 23.7 Å². The summed E-state index contributed by atoms with van der Waals surface area (Å²) in [6.07, 6.45) is 3.43. The Morgan fingerprint density at radius 3 is 2.70 bits per heavy atom. The number of fused-ring (bicyclic) bond motifs is 1. The summed E-state index contributed by atoms with van der Waals surface area (Å²) >= 11 is 0. The zero-order chi connectivity index (χ0) is 19.6. The van der Waals surface area contributed by atoms with Crippen molar-refractivity contribution in [2.75, 3.05) is 5.32 Å². The van der Waals surface area contributed by atoms with Crippen LogP contribution in [0.2, 0.25) is 0 Å². The second-order valence-electron chi connectivity index (χ2n) is 7.13. The lowest BCUT2D eigenvalue weighted by molar-refractivity contribution is -0.125. The summed E-state index contributed by atoms with van der Waals surface area (Å²) in [7, 11) is 0. The molecule has 0 radical (unpaired) electrons. The SMILES string of the molecule is CC(=O)Nc1ccc2n(c1=O)C(C(=O)NC(C#N)CC1CCCC1=O)CC2. The third-order valence-electron chi connectivity index (χ3n) is 5.22. The summed E-state index contributed by atoms with van der Waals surface area (Å²) in [4.78, 5) is 48.4. The van der Waals surface area contributed by atoms with Crippen molar-refractivity contribution < 1.29 is 14.4 Å². The van der Waals surface area contributed by atoms with Crippen molar-refractivity contribution in [1.29, 1.82) is 5.26 Å². The molecule has 8 nitrogen and oxygen atoms in total. The topological polar surface area (TPSA) is 121 Å². The highest BCUT2D eigenvalue weighted by atomic mass is 16.2. The standard InChI is InChI=1S/C19H22N4O4/c1-11(24)21-15-7-5-14-6-8-16(23(14)19(15)27)18(26)22-13(10-20)9-12-3-2-4-17(12)25/h5,7,12-13,16H,2-4,6,8-9H2,1H3,(H,21,24)(H,22,26). The molecule has 142 valence electrons. The molecule has 3 atom stereocenters. The monoisotopic (exact) mass is 370 g/mol. The first kappa shape index (κ1) is 18.8. The fraction of sp³-hybridized carbons (Fsp3) is 0.526. The second kappa shape index (κ2) is 7.74. The Kier molecular flexibility index (Phi) is 5.40. The molecule has 27 heavy (non-hydrogen) atoms. The summed E-state index contributed by atoms with van der Waals surface area (Å²) in [5.41, 5.74) is 0.410. The van der Waals surface area contributed by atoms with Crippen LogP contribution in [0.3, 0.4) is 0 Å². The number of nitriles is 1. The number of anilines is 1. The van der Waals surface area contributed by atoms with E-state index in [1.165, 1.54) is 11.5 Å². The normalized spacial score (nSPS) is 22.0. The number of nitrogens with one attached hydrogen (secondary N) is 2. The van der Waals surface area contributed by atoms with E-state index < -0.39 is 23.6 Å². The Hall–Kier alpha value is -2.95. The number of pyridine rings is 1. The van der Waals surface area contributed by atoms with Crippen LogP contribution in [0.15, 0.2) is 16.9 Å². The number of hydrogen-bond donors (Lipinski definition) is 2. The number of aromatic nitrogens is 1. The summed E-state index contributed by atoms with van der Waals surface area (Å²) in [6, 6.07) is 3.83. The van der Waals surface area contributed by atoms with Crippen molar-refractivity contribution in [2.24, 2.45) is 5.92 Å². The van der Waals surface area contributed by atoms with Gasteiger partial charge in [-0.25, -0.2) is 0 Å². The molecule has 2 heterocycles. The Bertz CT molecular complexity index is 883. The van der Waals surface area contributed by atoms with Crippen LogP contribution in [-0.2, 0) is 20.8 Å². The van der Waals surface area contributed by atoms with Crippen LogP contribution in [0.5, 0.6) is 0 Å². The molecular weight excluding hydrogens is 348 g/mol. The molecule has 2 N–H and O–H groups in total. The molecule has 8 heteroatoms. The van der Waals surface area contributed by atoms with E-state index in [2.05, 4.69) is 16.7 Å². The minimum atomic E-state index is -0.761. The molecule has 3 rings (SSSR count). The smallest absolute Gasteiger partial charge is 0.275 e. The van der Waals surface area contributed by atoms with Gasteiger partial charge in [0.2, 0.25) is 11.8 Å². The number of carbonyl (C=O) groups excluding carboxylic acids is 3. The van der Waals surface area contributed by atoms with E-state index in [0.717, 1.165) is 12.8 Å². The van der Waals surface area contributed by atoms with E-state index in [-0.39, 0.29) is 23.3 Å². The second-order valence-corrected chi connectivity index (χ2v) is 7.13. The van der Waals surface area contributed by atoms with Crippen LogP contribution in [0.25, 0.3) is 0 Å². The minimum absolute atomic E-state index is 0.124. The predicted molar refractivity (Wildman–Crippen MR) is 96.9 cm³/mol. The zero-order valence-electron chi connectivity index (χ0n) is 15.2. The molecule has 3 unspecified atom stereocenters. The molecule has 1 aromatic rings. The molecule has 1 saturated carbocycles. The highest BCUT2D eigenvalue weighted by Gasteiger charge is 2.33. The van der Waals surface area contributed by atoms with Gasteiger partial charge in [0.15, 0.2) is 0 Å². The van der Waals surface area contributed by atoms with E-state index >= 15 is 0 Å². The number of amides is 2. The Balaban J connectivity index is 1.75. The van der Waals surface area contributed by atoms with Crippen LogP contribution in [0, 0.1) is 17.2 Å². The van der Waals surface area contributed by atoms with Crippen LogP contribution in [0.4, 0.5) is 5.69 Å². The molecule has 1 fully saturated rings.